The fourth-order valence-electron chi connectivity index (χ4n) is 5.88. The zero-order chi connectivity index (χ0) is 33.1. The molecule has 15 heteroatoms. The summed E-state index contributed by atoms with van der Waals surface area (Å²) in [5.74, 6) is -2.47. The summed E-state index contributed by atoms with van der Waals surface area (Å²) in [5, 5.41) is 22.5. The van der Waals surface area contributed by atoms with E-state index in [0.717, 1.165) is 50.1 Å². The van der Waals surface area contributed by atoms with E-state index in [4.69, 9.17) is 14.2 Å². The van der Waals surface area contributed by atoms with Crippen LogP contribution in [0.2, 0.25) is 0 Å². The first-order valence-corrected chi connectivity index (χ1v) is 15.4. The molecule has 0 saturated carbocycles. The fourth-order valence-corrected chi connectivity index (χ4v) is 5.88. The van der Waals surface area contributed by atoms with Gasteiger partial charge >= 0.3 is 5.92 Å². The third-order valence-corrected chi connectivity index (χ3v) is 8.58. The molecule has 3 aromatic rings. The van der Waals surface area contributed by atoms with Crippen LogP contribution in [0.15, 0.2) is 42.7 Å². The number of hydrogen-bond acceptors (Lipinski definition) is 12. The molecule has 3 saturated heterocycles. The van der Waals surface area contributed by atoms with Crippen molar-refractivity contribution in [3.63, 3.8) is 0 Å². The Balaban J connectivity index is 1.12. The molecule has 0 spiro atoms. The lowest BCUT2D eigenvalue weighted by atomic mass is 10.0. The number of nitriles is 1. The summed E-state index contributed by atoms with van der Waals surface area (Å²) in [6, 6.07) is 10.6. The van der Waals surface area contributed by atoms with Crippen molar-refractivity contribution in [1.29, 1.82) is 5.26 Å². The van der Waals surface area contributed by atoms with Crippen LogP contribution in [0.25, 0.3) is 11.3 Å². The van der Waals surface area contributed by atoms with Crippen molar-refractivity contribution in [2.24, 2.45) is 0 Å². The molecule has 1 aromatic carbocycles. The van der Waals surface area contributed by atoms with Crippen LogP contribution in [-0.2, 0) is 9.53 Å². The molecular formula is C32H36F2N8O5. The minimum Gasteiger partial charge on any atom is -0.493 e. The van der Waals surface area contributed by atoms with Gasteiger partial charge in [0.25, 0.3) is 5.91 Å². The summed E-state index contributed by atoms with van der Waals surface area (Å²) in [6.45, 7) is 5.47. The molecule has 2 atom stereocenters. The van der Waals surface area contributed by atoms with Gasteiger partial charge in [0.15, 0.2) is 17.7 Å². The van der Waals surface area contributed by atoms with Crippen LogP contribution in [0.1, 0.15) is 18.9 Å². The van der Waals surface area contributed by atoms with Crippen LogP contribution in [0.4, 0.5) is 26.2 Å². The summed E-state index contributed by atoms with van der Waals surface area (Å²) in [7, 11) is 1.60. The number of aliphatic hydroxyl groups excluding tert-OH is 1. The number of nitrogens with zero attached hydrogens (tertiary/aromatic N) is 7. The zero-order valence-electron chi connectivity index (χ0n) is 26.1. The lowest BCUT2D eigenvalue weighted by molar-refractivity contribution is -0.165. The maximum absolute atomic E-state index is 14.9. The molecule has 3 aliphatic rings. The van der Waals surface area contributed by atoms with Gasteiger partial charge in [-0.1, -0.05) is 0 Å². The highest BCUT2D eigenvalue weighted by molar-refractivity contribution is 5.80. The van der Waals surface area contributed by atoms with Crippen LogP contribution in [0, 0.1) is 11.3 Å². The number of pyridine rings is 1. The Morgan fingerprint density at radius 3 is 2.60 bits per heavy atom. The standard InChI is InChI=1S/C32H36F2N8O5/c1-20(43)30(44)42-8-6-28(32(33,34)19-42)47-26-4-3-21(13-22(26)15-35)25-5-7-36-31(39-25)38-23-14-27(45-2)29(37-16-23)41-11-9-40(10-12-41)24-17-46-18-24/h3-5,7,13-14,16,20,24,28,43H,6,8-12,17-19H2,1-2H3,(H,36,38,39)/t20-,28?/m0/s1. The van der Waals surface area contributed by atoms with Gasteiger partial charge in [-0.05, 0) is 31.2 Å². The Morgan fingerprint density at radius 1 is 1.15 bits per heavy atom. The zero-order valence-corrected chi connectivity index (χ0v) is 26.1. The van der Waals surface area contributed by atoms with Gasteiger partial charge in [-0.15, -0.1) is 0 Å². The molecular weight excluding hydrogens is 614 g/mol. The van der Waals surface area contributed by atoms with E-state index < -0.39 is 30.6 Å². The van der Waals surface area contributed by atoms with Crippen molar-refractivity contribution in [3.05, 3.63) is 48.3 Å². The van der Waals surface area contributed by atoms with Gasteiger partial charge in [0, 0.05) is 57.0 Å². The molecule has 1 unspecified atom stereocenters. The summed E-state index contributed by atoms with van der Waals surface area (Å²) in [4.78, 5) is 31.2. The number of halogens is 2. The molecule has 1 amide bonds. The normalized spacial score (nSPS) is 20.6. The monoisotopic (exact) mass is 650 g/mol. The molecule has 6 rings (SSSR count). The van der Waals surface area contributed by atoms with E-state index >= 15 is 0 Å². The van der Waals surface area contributed by atoms with Crippen molar-refractivity contribution in [1.82, 2.24) is 24.8 Å². The maximum atomic E-state index is 14.9. The van der Waals surface area contributed by atoms with Gasteiger partial charge < -0.3 is 34.4 Å². The second-order valence-electron chi connectivity index (χ2n) is 11.8. The molecule has 3 aliphatic heterocycles. The second kappa shape index (κ2) is 13.6. The number of aromatic nitrogens is 3. The number of nitrogens with one attached hydrogen (secondary N) is 1. The van der Waals surface area contributed by atoms with Crippen molar-refractivity contribution in [3.8, 4) is 28.8 Å². The number of piperidine rings is 1. The SMILES string of the molecule is COc1cc(Nc2nccc(-c3ccc(OC4CCN(C(=O)[C@H](C)O)CC4(F)F)c(C#N)c3)n2)cnc1N1CCN(C2COC2)CC1. The quantitative estimate of drug-likeness (QED) is 0.351. The highest BCUT2D eigenvalue weighted by Gasteiger charge is 2.48. The van der Waals surface area contributed by atoms with Gasteiger partial charge in [-0.2, -0.15) is 5.26 Å². The van der Waals surface area contributed by atoms with E-state index in [-0.39, 0.29) is 30.2 Å². The molecule has 0 bridgehead atoms. The van der Waals surface area contributed by atoms with E-state index in [9.17, 15) is 23.9 Å². The molecule has 2 aromatic heterocycles. The maximum Gasteiger partial charge on any atom is 0.301 e. The summed E-state index contributed by atoms with van der Waals surface area (Å²) in [6.07, 6.45) is 0.184. The molecule has 2 N–H and O–H groups in total. The Bertz CT molecular complexity index is 1640. The van der Waals surface area contributed by atoms with Crippen molar-refractivity contribution in [2.45, 2.75) is 37.5 Å². The smallest absolute Gasteiger partial charge is 0.301 e. The molecule has 0 radical (unpaired) electrons. The third kappa shape index (κ3) is 7.04. The average molecular weight is 651 g/mol. The molecule has 248 valence electrons. The summed E-state index contributed by atoms with van der Waals surface area (Å²) in [5.41, 5.74) is 1.73. The van der Waals surface area contributed by atoms with Crippen LogP contribution in [-0.4, -0.2) is 120 Å². The second-order valence-corrected chi connectivity index (χ2v) is 11.8. The van der Waals surface area contributed by atoms with E-state index in [0.29, 0.717) is 28.7 Å². The number of carbonyl (C=O) groups is 1. The number of hydrogen-bond donors (Lipinski definition) is 2. The first-order chi connectivity index (χ1) is 22.6. The Morgan fingerprint density at radius 2 is 1.94 bits per heavy atom. The largest absolute Gasteiger partial charge is 0.493 e. The number of alkyl halides is 2. The van der Waals surface area contributed by atoms with Crippen molar-refractivity contribution < 1.29 is 32.9 Å². The number of ether oxygens (including phenoxy) is 3. The number of carbonyl (C=O) groups excluding carboxylic acids is 1. The molecule has 47 heavy (non-hydrogen) atoms. The first kappa shape index (κ1) is 32.3. The number of piperazine rings is 1. The number of methoxy groups -OCH3 is 1. The molecule has 5 heterocycles. The number of amides is 1. The average Bonchev–Trinajstić information content (AvgIpc) is 3.05. The van der Waals surface area contributed by atoms with Crippen LogP contribution in [0.5, 0.6) is 11.5 Å². The fraction of sp³-hybridized carbons (Fsp3) is 0.469. The highest BCUT2D eigenvalue weighted by Crippen LogP contribution is 2.35. The predicted octanol–water partition coefficient (Wildman–Crippen LogP) is 2.68. The van der Waals surface area contributed by atoms with E-state index in [1.54, 1.807) is 31.6 Å². The minimum atomic E-state index is -3.38. The highest BCUT2D eigenvalue weighted by atomic mass is 19.3. The van der Waals surface area contributed by atoms with E-state index in [2.05, 4.69) is 30.1 Å². The molecule has 0 aliphatic carbocycles. The molecule has 13 nitrogen and oxygen atoms in total. The van der Waals surface area contributed by atoms with Crippen molar-refractivity contribution in [2.75, 3.05) is 69.8 Å². The van der Waals surface area contributed by atoms with Gasteiger partial charge in [-0.25, -0.2) is 23.7 Å². The van der Waals surface area contributed by atoms with E-state index in [1.165, 1.54) is 19.1 Å². The predicted molar refractivity (Wildman–Crippen MR) is 167 cm³/mol. The topological polar surface area (TPSA) is 149 Å². The number of rotatable bonds is 9. The number of likely N-dealkylation sites (tertiary alicyclic amines) is 1. The van der Waals surface area contributed by atoms with E-state index in [1.807, 2.05) is 12.1 Å². The number of anilines is 3. The van der Waals surface area contributed by atoms with Crippen molar-refractivity contribution >= 4 is 23.4 Å². The molecule has 3 fully saturated rings. The van der Waals surface area contributed by atoms with Crippen LogP contribution >= 0.6 is 0 Å². The van der Waals surface area contributed by atoms with Gasteiger partial charge in [0.05, 0.1) is 56.1 Å². The number of aliphatic hydroxyl groups is 1. The summed E-state index contributed by atoms with van der Waals surface area (Å²) >= 11 is 0. The Labute approximate surface area is 270 Å². The minimum absolute atomic E-state index is 0.000333. The van der Waals surface area contributed by atoms with Crippen LogP contribution < -0.4 is 19.7 Å². The Hall–Kier alpha value is -4.65. The first-order valence-electron chi connectivity index (χ1n) is 15.4. The third-order valence-electron chi connectivity index (χ3n) is 8.58. The van der Waals surface area contributed by atoms with Gasteiger partial charge in [-0.3, -0.25) is 9.69 Å². The Kier molecular flexibility index (Phi) is 9.35. The summed E-state index contributed by atoms with van der Waals surface area (Å²) < 4.78 is 46.5. The van der Waals surface area contributed by atoms with Gasteiger partial charge in [0.2, 0.25) is 5.95 Å². The number of benzene rings is 1. The lowest BCUT2D eigenvalue weighted by Gasteiger charge is -2.43. The lowest BCUT2D eigenvalue weighted by Crippen LogP contribution is -2.56. The van der Waals surface area contributed by atoms with Gasteiger partial charge in [0.1, 0.15) is 17.9 Å². The van der Waals surface area contributed by atoms with Crippen LogP contribution in [0.3, 0.4) is 0 Å².